The standard InChI is InChI=1S/C64H122O6/c1-4-7-10-13-16-19-21-22-23-24-25-26-27-28-29-30-31-32-33-34-35-36-37-38-39-40-41-42-44-45-48-51-54-57-63(66)69-60-61(59-68-62(65)56-53-50-47-18-15-12-9-6-3)70-64(67)58-55-52-49-46-43-20-17-14-11-8-5-2/h24-25,61H,4-23,26-60H2,1-3H3/b25-24-. The highest BCUT2D eigenvalue weighted by Gasteiger charge is 2.19. The normalized spacial score (nSPS) is 12.0. The van der Waals surface area contributed by atoms with E-state index < -0.39 is 6.10 Å². The minimum absolute atomic E-state index is 0.0633. The smallest absolute Gasteiger partial charge is 0.306 e. The SMILES string of the molecule is CCCCCCCCCC/C=C\CCCCCCCCCCCCCCCCCCCCCCCC(=O)OCC(COC(=O)CCCCCCCCCC)OC(=O)CCCCCCCCCCCCC. The van der Waals surface area contributed by atoms with Crippen molar-refractivity contribution in [2.24, 2.45) is 0 Å². The van der Waals surface area contributed by atoms with Crippen molar-refractivity contribution in [1.82, 2.24) is 0 Å². The first-order valence-electron chi connectivity index (χ1n) is 31.7. The lowest BCUT2D eigenvalue weighted by molar-refractivity contribution is -0.167. The first kappa shape index (κ1) is 68.2. The second kappa shape index (κ2) is 59.7. The van der Waals surface area contributed by atoms with E-state index in [1.165, 1.54) is 263 Å². The highest BCUT2D eigenvalue weighted by atomic mass is 16.6. The molecule has 70 heavy (non-hydrogen) atoms. The fourth-order valence-electron chi connectivity index (χ4n) is 9.74. The molecular weight excluding hydrogens is 865 g/mol. The lowest BCUT2D eigenvalue weighted by Gasteiger charge is -2.18. The molecule has 1 unspecified atom stereocenters. The number of unbranched alkanes of at least 4 members (excludes halogenated alkanes) is 46. The number of carbonyl (C=O) groups is 3. The molecular formula is C64H122O6. The van der Waals surface area contributed by atoms with E-state index in [2.05, 4.69) is 32.9 Å². The monoisotopic (exact) mass is 987 g/mol. The van der Waals surface area contributed by atoms with E-state index in [0.717, 1.165) is 57.8 Å². The molecule has 6 heteroatoms. The minimum Gasteiger partial charge on any atom is -0.462 e. The van der Waals surface area contributed by atoms with Crippen LogP contribution in [0.25, 0.3) is 0 Å². The first-order valence-corrected chi connectivity index (χ1v) is 31.7. The van der Waals surface area contributed by atoms with Gasteiger partial charge in [-0.15, -0.1) is 0 Å². The number of carbonyl (C=O) groups excluding carboxylic acids is 3. The van der Waals surface area contributed by atoms with Crippen molar-refractivity contribution in [3.63, 3.8) is 0 Å². The van der Waals surface area contributed by atoms with Gasteiger partial charge in [0.1, 0.15) is 13.2 Å². The third kappa shape index (κ3) is 57.1. The molecule has 0 bridgehead atoms. The van der Waals surface area contributed by atoms with Crippen LogP contribution in [0, 0.1) is 0 Å². The van der Waals surface area contributed by atoms with Gasteiger partial charge >= 0.3 is 17.9 Å². The second-order valence-corrected chi connectivity index (χ2v) is 21.7. The maximum Gasteiger partial charge on any atom is 0.306 e. The molecule has 0 aromatic heterocycles. The van der Waals surface area contributed by atoms with Crippen molar-refractivity contribution < 1.29 is 28.6 Å². The summed E-state index contributed by atoms with van der Waals surface area (Å²) >= 11 is 0. The Bertz CT molecular complexity index is 1090. The summed E-state index contributed by atoms with van der Waals surface area (Å²) in [5.41, 5.74) is 0. The molecule has 0 aliphatic heterocycles. The van der Waals surface area contributed by atoms with Gasteiger partial charge < -0.3 is 14.2 Å². The molecule has 0 amide bonds. The maximum absolute atomic E-state index is 12.8. The zero-order chi connectivity index (χ0) is 50.7. The Labute approximate surface area is 437 Å². The highest BCUT2D eigenvalue weighted by molar-refractivity contribution is 5.71. The van der Waals surface area contributed by atoms with Crippen LogP contribution in [-0.4, -0.2) is 37.2 Å². The predicted molar refractivity (Wildman–Crippen MR) is 303 cm³/mol. The van der Waals surface area contributed by atoms with Gasteiger partial charge in [-0.05, 0) is 44.9 Å². The number of hydrogen-bond acceptors (Lipinski definition) is 6. The fourth-order valence-corrected chi connectivity index (χ4v) is 9.74. The zero-order valence-corrected chi connectivity index (χ0v) is 47.6. The number of hydrogen-bond donors (Lipinski definition) is 0. The van der Waals surface area contributed by atoms with Gasteiger partial charge in [0.25, 0.3) is 0 Å². The van der Waals surface area contributed by atoms with Crippen LogP contribution in [0.15, 0.2) is 12.2 Å². The average molecular weight is 988 g/mol. The van der Waals surface area contributed by atoms with E-state index in [4.69, 9.17) is 14.2 Å². The number of ether oxygens (including phenoxy) is 3. The Kier molecular flexibility index (Phi) is 58.1. The molecule has 414 valence electrons. The van der Waals surface area contributed by atoms with Gasteiger partial charge in [-0.3, -0.25) is 14.4 Å². The summed E-state index contributed by atoms with van der Waals surface area (Å²) in [6.07, 6.45) is 69.8. The highest BCUT2D eigenvalue weighted by Crippen LogP contribution is 2.18. The Morgan fingerprint density at radius 1 is 0.271 bits per heavy atom. The molecule has 0 spiro atoms. The molecule has 0 saturated heterocycles. The molecule has 0 aromatic carbocycles. The van der Waals surface area contributed by atoms with Crippen LogP contribution in [0.4, 0.5) is 0 Å². The summed E-state index contributed by atoms with van der Waals surface area (Å²) in [4.78, 5) is 37.9. The van der Waals surface area contributed by atoms with Crippen LogP contribution in [0.3, 0.4) is 0 Å². The molecule has 0 aliphatic carbocycles. The third-order valence-electron chi connectivity index (χ3n) is 14.5. The predicted octanol–water partition coefficient (Wildman–Crippen LogP) is 21.3. The Balaban J connectivity index is 3.89. The largest absolute Gasteiger partial charge is 0.462 e. The summed E-state index contributed by atoms with van der Waals surface area (Å²) in [5.74, 6) is -0.846. The minimum atomic E-state index is -0.761. The van der Waals surface area contributed by atoms with Crippen LogP contribution in [0.5, 0.6) is 0 Å². The maximum atomic E-state index is 12.8. The van der Waals surface area contributed by atoms with Gasteiger partial charge in [0.2, 0.25) is 0 Å². The quantitative estimate of drug-likeness (QED) is 0.0261. The van der Waals surface area contributed by atoms with Gasteiger partial charge in [-0.25, -0.2) is 0 Å². The summed E-state index contributed by atoms with van der Waals surface area (Å²) in [6, 6.07) is 0. The van der Waals surface area contributed by atoms with Crippen LogP contribution in [-0.2, 0) is 28.6 Å². The number of esters is 3. The zero-order valence-electron chi connectivity index (χ0n) is 47.6. The van der Waals surface area contributed by atoms with Crippen molar-refractivity contribution in [2.75, 3.05) is 13.2 Å². The number of rotatable bonds is 59. The lowest BCUT2D eigenvalue weighted by atomic mass is 10.0. The van der Waals surface area contributed by atoms with Gasteiger partial charge in [-0.1, -0.05) is 309 Å². The number of allylic oxidation sites excluding steroid dienone is 2. The van der Waals surface area contributed by atoms with Gasteiger partial charge in [0.15, 0.2) is 6.10 Å². The van der Waals surface area contributed by atoms with Crippen molar-refractivity contribution in [1.29, 1.82) is 0 Å². The summed E-state index contributed by atoms with van der Waals surface area (Å²) in [5, 5.41) is 0. The van der Waals surface area contributed by atoms with Crippen LogP contribution in [0.2, 0.25) is 0 Å². The Morgan fingerprint density at radius 3 is 0.714 bits per heavy atom. The molecule has 1 atom stereocenters. The lowest BCUT2D eigenvalue weighted by Crippen LogP contribution is -2.30. The van der Waals surface area contributed by atoms with E-state index in [9.17, 15) is 14.4 Å². The van der Waals surface area contributed by atoms with E-state index in [0.29, 0.717) is 19.3 Å². The Hall–Kier alpha value is -1.85. The van der Waals surface area contributed by atoms with Crippen molar-refractivity contribution in [2.45, 2.75) is 367 Å². The molecule has 0 N–H and O–H groups in total. The molecule has 0 heterocycles. The molecule has 6 nitrogen and oxygen atoms in total. The molecule has 0 aliphatic rings. The summed E-state index contributed by atoms with van der Waals surface area (Å²) in [6.45, 7) is 6.65. The third-order valence-corrected chi connectivity index (χ3v) is 14.5. The molecule has 0 rings (SSSR count). The molecule has 0 fully saturated rings. The summed E-state index contributed by atoms with van der Waals surface area (Å²) < 4.78 is 16.8. The van der Waals surface area contributed by atoms with Crippen LogP contribution < -0.4 is 0 Å². The second-order valence-electron chi connectivity index (χ2n) is 21.7. The van der Waals surface area contributed by atoms with Crippen molar-refractivity contribution in [3.05, 3.63) is 12.2 Å². The molecule has 0 radical (unpaired) electrons. The van der Waals surface area contributed by atoms with E-state index in [-0.39, 0.29) is 31.1 Å². The van der Waals surface area contributed by atoms with E-state index >= 15 is 0 Å². The topological polar surface area (TPSA) is 78.9 Å². The fraction of sp³-hybridized carbons (Fsp3) is 0.922. The molecule has 0 saturated carbocycles. The van der Waals surface area contributed by atoms with Gasteiger partial charge in [0, 0.05) is 19.3 Å². The van der Waals surface area contributed by atoms with Crippen molar-refractivity contribution in [3.8, 4) is 0 Å². The van der Waals surface area contributed by atoms with E-state index in [1.807, 2.05) is 0 Å². The van der Waals surface area contributed by atoms with Gasteiger partial charge in [0.05, 0.1) is 0 Å². The Morgan fingerprint density at radius 2 is 0.471 bits per heavy atom. The first-order chi connectivity index (χ1) is 34.5. The van der Waals surface area contributed by atoms with Crippen molar-refractivity contribution >= 4 is 17.9 Å². The van der Waals surface area contributed by atoms with Gasteiger partial charge in [-0.2, -0.15) is 0 Å². The molecule has 0 aromatic rings. The van der Waals surface area contributed by atoms with Crippen LogP contribution >= 0.6 is 0 Å². The van der Waals surface area contributed by atoms with E-state index in [1.54, 1.807) is 0 Å². The summed E-state index contributed by atoms with van der Waals surface area (Å²) in [7, 11) is 0. The van der Waals surface area contributed by atoms with Crippen LogP contribution in [0.1, 0.15) is 361 Å². The average Bonchev–Trinajstić information content (AvgIpc) is 3.36.